The van der Waals surface area contributed by atoms with Crippen LogP contribution >= 0.6 is 11.6 Å². The van der Waals surface area contributed by atoms with Gasteiger partial charge in [-0.15, -0.1) is 0 Å². The lowest BCUT2D eigenvalue weighted by Gasteiger charge is -2.13. The van der Waals surface area contributed by atoms with Crippen LogP contribution in [0.15, 0.2) is 48.8 Å². The number of methoxy groups -OCH3 is 1. The van der Waals surface area contributed by atoms with Gasteiger partial charge in [-0.2, -0.15) is 0 Å². The number of hydrogen-bond acceptors (Lipinski definition) is 7. The van der Waals surface area contributed by atoms with Crippen molar-refractivity contribution in [1.82, 2.24) is 9.97 Å². The van der Waals surface area contributed by atoms with Crippen LogP contribution in [-0.4, -0.2) is 22.0 Å². The minimum absolute atomic E-state index is 0.0718. The van der Waals surface area contributed by atoms with Crippen molar-refractivity contribution in [2.45, 2.75) is 13.5 Å². The number of halogens is 1. The number of rotatable bonds is 7. The molecule has 9 heteroatoms. The zero-order chi connectivity index (χ0) is 20.1. The topological polar surface area (TPSA) is 102 Å². The molecule has 1 heterocycles. The molecule has 0 fully saturated rings. The SMILES string of the molecule is COc1ccc(C)cc1Nc1ncnc(NCc2ccc(Cl)cc2)c1[N+](=O)[O-]. The van der Waals surface area contributed by atoms with E-state index in [4.69, 9.17) is 16.3 Å². The summed E-state index contributed by atoms with van der Waals surface area (Å²) in [6.45, 7) is 2.26. The number of hydrogen-bond donors (Lipinski definition) is 2. The molecule has 0 amide bonds. The van der Waals surface area contributed by atoms with Gasteiger partial charge in [0.15, 0.2) is 0 Å². The molecular formula is C19H18ClN5O3. The van der Waals surface area contributed by atoms with Crippen molar-refractivity contribution in [3.63, 3.8) is 0 Å². The molecule has 0 spiro atoms. The van der Waals surface area contributed by atoms with Crippen molar-refractivity contribution in [3.05, 3.63) is 75.1 Å². The van der Waals surface area contributed by atoms with Crippen LogP contribution in [0.2, 0.25) is 5.02 Å². The van der Waals surface area contributed by atoms with Gasteiger partial charge in [0.05, 0.1) is 17.7 Å². The standard InChI is InChI=1S/C19H18ClN5O3/c1-12-3-8-16(28-2)15(9-12)24-19-17(25(26)27)18(22-11-23-19)21-10-13-4-6-14(20)7-5-13/h3-9,11H,10H2,1-2H3,(H2,21,22,23,24). The summed E-state index contributed by atoms with van der Waals surface area (Å²) in [5.41, 5.74) is 2.21. The molecule has 0 aliphatic heterocycles. The summed E-state index contributed by atoms with van der Waals surface area (Å²) in [7, 11) is 1.53. The molecule has 28 heavy (non-hydrogen) atoms. The third-order valence-corrected chi connectivity index (χ3v) is 4.24. The monoisotopic (exact) mass is 399 g/mol. The Morgan fingerprint density at radius 2 is 1.86 bits per heavy atom. The van der Waals surface area contributed by atoms with E-state index in [1.54, 1.807) is 18.2 Å². The predicted molar refractivity (Wildman–Crippen MR) is 108 cm³/mol. The smallest absolute Gasteiger partial charge is 0.353 e. The minimum atomic E-state index is -0.519. The molecule has 0 aliphatic rings. The third kappa shape index (κ3) is 4.47. The maximum absolute atomic E-state index is 11.7. The van der Waals surface area contributed by atoms with Gasteiger partial charge in [0, 0.05) is 11.6 Å². The van der Waals surface area contributed by atoms with Gasteiger partial charge < -0.3 is 15.4 Å². The highest BCUT2D eigenvalue weighted by atomic mass is 35.5. The first-order valence-electron chi connectivity index (χ1n) is 8.37. The fourth-order valence-corrected chi connectivity index (χ4v) is 2.73. The Morgan fingerprint density at radius 1 is 1.14 bits per heavy atom. The molecule has 0 radical (unpaired) electrons. The predicted octanol–water partition coefficient (Wildman–Crippen LogP) is 4.71. The first-order valence-corrected chi connectivity index (χ1v) is 8.75. The fraction of sp³-hybridized carbons (Fsp3) is 0.158. The summed E-state index contributed by atoms with van der Waals surface area (Å²) in [6, 6.07) is 12.7. The van der Waals surface area contributed by atoms with E-state index in [1.165, 1.54) is 13.4 Å². The van der Waals surface area contributed by atoms with Crippen LogP contribution in [0.3, 0.4) is 0 Å². The van der Waals surface area contributed by atoms with E-state index in [0.717, 1.165) is 11.1 Å². The van der Waals surface area contributed by atoms with Crippen molar-refractivity contribution < 1.29 is 9.66 Å². The Hall–Kier alpha value is -3.39. The quantitative estimate of drug-likeness (QED) is 0.438. The molecule has 3 aromatic rings. The lowest BCUT2D eigenvalue weighted by molar-refractivity contribution is -0.383. The van der Waals surface area contributed by atoms with Crippen molar-refractivity contribution in [2.24, 2.45) is 0 Å². The maximum atomic E-state index is 11.7. The van der Waals surface area contributed by atoms with Gasteiger partial charge in [0.1, 0.15) is 12.1 Å². The van der Waals surface area contributed by atoms with Gasteiger partial charge in [-0.1, -0.05) is 29.8 Å². The number of anilines is 3. The van der Waals surface area contributed by atoms with Crippen LogP contribution in [0, 0.1) is 17.0 Å². The van der Waals surface area contributed by atoms with Crippen molar-refractivity contribution >= 4 is 34.6 Å². The summed E-state index contributed by atoms with van der Waals surface area (Å²) < 4.78 is 5.32. The molecule has 3 rings (SSSR count). The number of aryl methyl sites for hydroxylation is 1. The van der Waals surface area contributed by atoms with Gasteiger partial charge in [0.2, 0.25) is 11.6 Å². The molecule has 0 aliphatic carbocycles. The summed E-state index contributed by atoms with van der Waals surface area (Å²) >= 11 is 5.88. The summed E-state index contributed by atoms with van der Waals surface area (Å²) in [6.07, 6.45) is 1.27. The van der Waals surface area contributed by atoms with Crippen LogP contribution in [-0.2, 0) is 6.54 Å². The minimum Gasteiger partial charge on any atom is -0.495 e. The Balaban J connectivity index is 1.90. The van der Waals surface area contributed by atoms with E-state index >= 15 is 0 Å². The van der Waals surface area contributed by atoms with Crippen molar-refractivity contribution in [2.75, 3.05) is 17.7 Å². The van der Waals surface area contributed by atoms with E-state index in [-0.39, 0.29) is 17.3 Å². The summed E-state index contributed by atoms with van der Waals surface area (Å²) in [5, 5.41) is 18.3. The molecular weight excluding hydrogens is 382 g/mol. The number of nitro groups is 1. The van der Waals surface area contributed by atoms with E-state index in [9.17, 15) is 10.1 Å². The molecule has 2 aromatic carbocycles. The van der Waals surface area contributed by atoms with E-state index in [0.29, 0.717) is 23.0 Å². The molecule has 8 nitrogen and oxygen atoms in total. The Kier molecular flexibility index (Phi) is 5.90. The molecule has 1 aromatic heterocycles. The van der Waals surface area contributed by atoms with Gasteiger partial charge in [-0.05, 0) is 42.3 Å². The molecule has 0 bridgehead atoms. The van der Waals surface area contributed by atoms with E-state index < -0.39 is 4.92 Å². The lowest BCUT2D eigenvalue weighted by Crippen LogP contribution is -2.08. The number of nitrogens with one attached hydrogen (secondary N) is 2. The van der Waals surface area contributed by atoms with Gasteiger partial charge in [-0.3, -0.25) is 10.1 Å². The largest absolute Gasteiger partial charge is 0.495 e. The number of ether oxygens (including phenoxy) is 1. The average Bonchev–Trinajstić information content (AvgIpc) is 2.67. The first-order chi connectivity index (χ1) is 13.5. The van der Waals surface area contributed by atoms with Gasteiger partial charge >= 0.3 is 5.69 Å². The fourth-order valence-electron chi connectivity index (χ4n) is 2.61. The number of nitrogens with zero attached hydrogens (tertiary/aromatic N) is 3. The molecule has 2 N–H and O–H groups in total. The van der Waals surface area contributed by atoms with E-state index in [1.807, 2.05) is 31.2 Å². The summed E-state index contributed by atoms with van der Waals surface area (Å²) in [4.78, 5) is 19.3. The molecule has 0 saturated carbocycles. The van der Waals surface area contributed by atoms with Crippen molar-refractivity contribution in [1.29, 1.82) is 0 Å². The average molecular weight is 400 g/mol. The van der Waals surface area contributed by atoms with Gasteiger partial charge in [-0.25, -0.2) is 9.97 Å². The van der Waals surface area contributed by atoms with Crippen LogP contribution in [0.5, 0.6) is 5.75 Å². The third-order valence-electron chi connectivity index (χ3n) is 3.99. The highest BCUT2D eigenvalue weighted by Gasteiger charge is 2.23. The van der Waals surface area contributed by atoms with Crippen LogP contribution in [0.4, 0.5) is 23.0 Å². The molecule has 144 valence electrons. The zero-order valence-electron chi connectivity index (χ0n) is 15.3. The normalized spacial score (nSPS) is 10.4. The molecule has 0 saturated heterocycles. The van der Waals surface area contributed by atoms with Crippen molar-refractivity contribution in [3.8, 4) is 5.75 Å². The Morgan fingerprint density at radius 3 is 2.54 bits per heavy atom. The second kappa shape index (κ2) is 8.53. The second-order valence-corrected chi connectivity index (χ2v) is 6.42. The molecule has 0 atom stereocenters. The van der Waals surface area contributed by atoms with Crippen LogP contribution in [0.25, 0.3) is 0 Å². The Bertz CT molecular complexity index is 995. The number of benzene rings is 2. The lowest BCUT2D eigenvalue weighted by atomic mass is 10.2. The number of aromatic nitrogens is 2. The highest BCUT2D eigenvalue weighted by molar-refractivity contribution is 6.30. The zero-order valence-corrected chi connectivity index (χ0v) is 16.0. The van der Waals surface area contributed by atoms with Gasteiger partial charge in [0.25, 0.3) is 0 Å². The highest BCUT2D eigenvalue weighted by Crippen LogP contribution is 2.34. The Labute approximate surface area is 166 Å². The maximum Gasteiger partial charge on any atom is 0.353 e. The summed E-state index contributed by atoms with van der Waals surface area (Å²) in [5.74, 6) is 0.737. The second-order valence-electron chi connectivity index (χ2n) is 5.99. The first kappa shape index (κ1) is 19.4. The van der Waals surface area contributed by atoms with Crippen LogP contribution < -0.4 is 15.4 Å². The molecule has 0 unspecified atom stereocenters. The van der Waals surface area contributed by atoms with E-state index in [2.05, 4.69) is 20.6 Å². The van der Waals surface area contributed by atoms with Crippen LogP contribution in [0.1, 0.15) is 11.1 Å².